The summed E-state index contributed by atoms with van der Waals surface area (Å²) in [5.74, 6) is -0.141. The van der Waals surface area contributed by atoms with Gasteiger partial charge in [0, 0.05) is 24.2 Å². The van der Waals surface area contributed by atoms with E-state index in [1.165, 1.54) is 22.3 Å². The van der Waals surface area contributed by atoms with Crippen LogP contribution in [0.2, 0.25) is 0 Å². The Morgan fingerprint density at radius 1 is 0.632 bits per heavy atom. The van der Waals surface area contributed by atoms with Crippen molar-refractivity contribution < 1.29 is 9.59 Å². The summed E-state index contributed by atoms with van der Waals surface area (Å²) in [5, 5.41) is 0. The van der Waals surface area contributed by atoms with Crippen molar-refractivity contribution in [3.05, 3.63) is 70.8 Å². The average Bonchev–Trinajstić information content (AvgIpc) is 3.27. The molecule has 2 aromatic rings. The fourth-order valence-corrected chi connectivity index (χ4v) is 8.25. The lowest BCUT2D eigenvalue weighted by Crippen LogP contribution is -2.58. The summed E-state index contributed by atoms with van der Waals surface area (Å²) >= 11 is 0. The highest BCUT2D eigenvalue weighted by Gasteiger charge is 2.51. The maximum absolute atomic E-state index is 13.8. The number of amides is 2. The number of hydrazine groups is 1. The molecular weight excluding hydrogens is 472 g/mol. The van der Waals surface area contributed by atoms with E-state index in [2.05, 4.69) is 97.1 Å². The third-order valence-corrected chi connectivity index (χ3v) is 10.5. The van der Waals surface area contributed by atoms with Gasteiger partial charge in [0.15, 0.2) is 0 Å². The minimum Gasteiger partial charge on any atom is -0.300 e. The number of benzene rings is 2. The lowest BCUT2D eigenvalue weighted by atomic mass is 9.75. The van der Waals surface area contributed by atoms with Gasteiger partial charge in [-0.2, -0.15) is 0 Å². The van der Waals surface area contributed by atoms with E-state index in [1.54, 1.807) is 0 Å². The average molecular weight is 515 g/mol. The van der Waals surface area contributed by atoms with Crippen LogP contribution in [-0.2, 0) is 9.59 Å². The Kier molecular flexibility index (Phi) is 6.81. The van der Waals surface area contributed by atoms with Gasteiger partial charge in [0.05, 0.1) is 11.8 Å². The predicted molar refractivity (Wildman–Crippen MR) is 149 cm³/mol. The molecule has 0 saturated carbocycles. The Labute approximate surface area is 227 Å². The molecule has 6 nitrogen and oxygen atoms in total. The van der Waals surface area contributed by atoms with Crippen molar-refractivity contribution in [1.29, 1.82) is 0 Å². The highest BCUT2D eigenvalue weighted by Crippen LogP contribution is 2.47. The molecule has 4 bridgehead atoms. The number of carbonyl (C=O) groups is 2. The smallest absolute Gasteiger partial charge is 0.243 e. The normalized spacial score (nSPS) is 34.7. The first kappa shape index (κ1) is 25.6. The highest BCUT2D eigenvalue weighted by atomic mass is 16.2. The molecule has 4 saturated heterocycles. The molecule has 2 aromatic carbocycles. The fourth-order valence-electron chi connectivity index (χ4n) is 8.25. The third kappa shape index (κ3) is 4.46. The minimum atomic E-state index is -0.181. The summed E-state index contributed by atoms with van der Waals surface area (Å²) < 4.78 is 0. The second-order valence-electron chi connectivity index (χ2n) is 12.5. The van der Waals surface area contributed by atoms with Crippen LogP contribution in [0.4, 0.5) is 0 Å². The van der Waals surface area contributed by atoms with E-state index in [0.29, 0.717) is 12.1 Å². The van der Waals surface area contributed by atoms with Crippen LogP contribution in [0.1, 0.15) is 72.6 Å². The van der Waals surface area contributed by atoms with E-state index in [1.807, 2.05) is 0 Å². The van der Waals surface area contributed by atoms with Gasteiger partial charge >= 0.3 is 0 Å². The number of nitrogens with one attached hydrogen (secondary N) is 2. The van der Waals surface area contributed by atoms with Crippen LogP contribution >= 0.6 is 0 Å². The second kappa shape index (κ2) is 10.1. The zero-order valence-electron chi connectivity index (χ0n) is 23.2. The van der Waals surface area contributed by atoms with Gasteiger partial charge < -0.3 is 0 Å². The second-order valence-corrected chi connectivity index (χ2v) is 12.5. The summed E-state index contributed by atoms with van der Waals surface area (Å²) in [7, 11) is 4.32. The highest BCUT2D eigenvalue weighted by molar-refractivity contribution is 5.86. The van der Waals surface area contributed by atoms with Gasteiger partial charge in [-0.25, -0.2) is 0 Å². The van der Waals surface area contributed by atoms with Crippen molar-refractivity contribution in [2.75, 3.05) is 14.1 Å². The third-order valence-electron chi connectivity index (χ3n) is 10.5. The molecule has 6 heteroatoms. The number of rotatable bonds is 4. The maximum atomic E-state index is 13.8. The Bertz CT molecular complexity index is 1090. The van der Waals surface area contributed by atoms with Gasteiger partial charge in [0.25, 0.3) is 0 Å². The summed E-state index contributed by atoms with van der Waals surface area (Å²) in [4.78, 5) is 32.4. The number of fused-ring (bicyclic) bond motifs is 4. The molecule has 0 radical (unpaired) electrons. The van der Waals surface area contributed by atoms with E-state index in [9.17, 15) is 9.59 Å². The molecule has 0 aromatic heterocycles. The Morgan fingerprint density at radius 2 is 1.00 bits per heavy atom. The Hall–Kier alpha value is -2.70. The molecule has 4 heterocycles. The zero-order valence-corrected chi connectivity index (χ0v) is 23.2. The van der Waals surface area contributed by atoms with Crippen LogP contribution < -0.4 is 10.9 Å². The van der Waals surface area contributed by atoms with Gasteiger partial charge in [0.2, 0.25) is 11.8 Å². The number of hydrogen-bond donors (Lipinski definition) is 2. The van der Waals surface area contributed by atoms with Crippen LogP contribution in [0, 0.1) is 25.7 Å². The minimum absolute atomic E-state index is 0.0542. The molecule has 38 heavy (non-hydrogen) atoms. The molecule has 2 N–H and O–H groups in total. The van der Waals surface area contributed by atoms with Crippen molar-refractivity contribution in [3.8, 4) is 0 Å². The predicted octanol–water partition coefficient (Wildman–Crippen LogP) is 4.28. The van der Waals surface area contributed by atoms with Gasteiger partial charge in [-0.05, 0) is 89.4 Å². The van der Waals surface area contributed by atoms with Crippen molar-refractivity contribution >= 4 is 11.8 Å². The maximum Gasteiger partial charge on any atom is 0.243 e. The van der Waals surface area contributed by atoms with E-state index in [0.717, 1.165) is 38.5 Å². The van der Waals surface area contributed by atoms with E-state index >= 15 is 0 Å². The van der Waals surface area contributed by atoms with Crippen molar-refractivity contribution in [2.45, 2.75) is 88.4 Å². The van der Waals surface area contributed by atoms with Crippen LogP contribution in [0.3, 0.4) is 0 Å². The quantitative estimate of drug-likeness (QED) is 0.598. The summed E-state index contributed by atoms with van der Waals surface area (Å²) in [5.41, 5.74) is 10.8. The van der Waals surface area contributed by atoms with Crippen molar-refractivity contribution in [1.82, 2.24) is 20.7 Å². The van der Waals surface area contributed by atoms with E-state index in [4.69, 9.17) is 0 Å². The lowest BCUT2D eigenvalue weighted by Gasteiger charge is -2.43. The monoisotopic (exact) mass is 514 g/mol. The first-order chi connectivity index (χ1) is 18.3. The van der Waals surface area contributed by atoms with Crippen LogP contribution in [0.5, 0.6) is 0 Å². The molecule has 0 spiro atoms. The van der Waals surface area contributed by atoms with E-state index < -0.39 is 0 Å². The zero-order chi connectivity index (χ0) is 26.6. The molecule has 4 aliphatic heterocycles. The van der Waals surface area contributed by atoms with Gasteiger partial charge in [0.1, 0.15) is 0 Å². The SMILES string of the molecule is Cc1ccc(C2CC3CCC(C2C(=O)NNC(=O)C2C(c4ccc(C)cc4)CC4CCC2N4C)N3C)cc1. The Balaban J connectivity index is 1.21. The molecule has 8 atom stereocenters. The van der Waals surface area contributed by atoms with E-state index in [-0.39, 0.29) is 47.6 Å². The summed E-state index contributed by atoms with van der Waals surface area (Å²) in [6.07, 6.45) is 6.29. The molecular formula is C32H42N4O2. The first-order valence-electron chi connectivity index (χ1n) is 14.5. The number of aryl methyl sites for hydroxylation is 2. The standard InChI is InChI=1S/C32H42N4O2/c1-19-5-9-21(10-6-19)25-17-23-13-15-27(35(23)3)29(25)31(37)33-34-32(38)30-26(22-11-7-20(2)8-12-22)18-24-14-16-28(30)36(24)4/h5-12,23-30H,13-18H2,1-4H3,(H,33,37)(H,34,38). The number of carbonyl (C=O) groups excluding carboxylic acids is 2. The lowest BCUT2D eigenvalue weighted by molar-refractivity contribution is -0.137. The molecule has 0 aliphatic carbocycles. The summed E-state index contributed by atoms with van der Waals surface area (Å²) in [6, 6.07) is 18.8. The van der Waals surface area contributed by atoms with Gasteiger partial charge in [-0.15, -0.1) is 0 Å². The molecule has 6 rings (SSSR count). The van der Waals surface area contributed by atoms with Crippen LogP contribution in [0.15, 0.2) is 48.5 Å². The summed E-state index contributed by atoms with van der Waals surface area (Å²) in [6.45, 7) is 4.20. The molecule has 2 amide bonds. The molecule has 202 valence electrons. The van der Waals surface area contributed by atoms with Gasteiger partial charge in [-0.1, -0.05) is 59.7 Å². The first-order valence-corrected chi connectivity index (χ1v) is 14.5. The van der Waals surface area contributed by atoms with Crippen molar-refractivity contribution in [3.63, 3.8) is 0 Å². The van der Waals surface area contributed by atoms with Gasteiger partial charge in [-0.3, -0.25) is 30.2 Å². The topological polar surface area (TPSA) is 64.7 Å². The Morgan fingerprint density at radius 3 is 1.37 bits per heavy atom. The number of piperidine rings is 2. The number of nitrogens with zero attached hydrogens (tertiary/aromatic N) is 2. The van der Waals surface area contributed by atoms with Crippen LogP contribution in [0.25, 0.3) is 0 Å². The fraction of sp³-hybridized carbons (Fsp3) is 0.562. The van der Waals surface area contributed by atoms with Crippen molar-refractivity contribution in [2.24, 2.45) is 11.8 Å². The largest absolute Gasteiger partial charge is 0.300 e. The molecule has 4 fully saturated rings. The molecule has 8 unspecified atom stereocenters. The van der Waals surface area contributed by atoms with Crippen LogP contribution in [-0.4, -0.2) is 59.9 Å². The number of hydrogen-bond acceptors (Lipinski definition) is 4. The molecule has 4 aliphatic rings.